The first-order valence-electron chi connectivity index (χ1n) is 9.67. The molecule has 7 heteroatoms. The number of halogens is 1. The lowest BCUT2D eigenvalue weighted by Crippen LogP contribution is -2.44. The molecule has 150 valence electrons. The van der Waals surface area contributed by atoms with Crippen molar-refractivity contribution in [3.05, 3.63) is 71.8 Å². The van der Waals surface area contributed by atoms with Gasteiger partial charge >= 0.3 is 0 Å². The molecule has 1 aliphatic rings. The zero-order valence-electron chi connectivity index (χ0n) is 16.6. The number of rotatable bonds is 4. The highest BCUT2D eigenvalue weighted by Gasteiger charge is 2.18. The number of para-hydroxylation sites is 1. The Morgan fingerprint density at radius 2 is 1.72 bits per heavy atom. The molecule has 2 aromatic carbocycles. The molecular formula is C22H24FN5O. The average molecular weight is 393 g/mol. The molecule has 29 heavy (non-hydrogen) atoms. The molecule has 0 radical (unpaired) electrons. The van der Waals surface area contributed by atoms with Gasteiger partial charge in [-0.2, -0.15) is 5.10 Å². The monoisotopic (exact) mass is 393 g/mol. The van der Waals surface area contributed by atoms with Crippen LogP contribution in [0.25, 0.3) is 5.69 Å². The number of hydrogen-bond acceptors (Lipinski definition) is 4. The summed E-state index contributed by atoms with van der Waals surface area (Å²) in [5, 5.41) is 7.10. The van der Waals surface area contributed by atoms with E-state index in [4.69, 9.17) is 0 Å². The summed E-state index contributed by atoms with van der Waals surface area (Å²) in [4.78, 5) is 17.4. The van der Waals surface area contributed by atoms with Crippen molar-refractivity contribution in [1.29, 1.82) is 0 Å². The molecule has 1 aliphatic heterocycles. The van der Waals surface area contributed by atoms with Crippen LogP contribution in [-0.2, 0) is 0 Å². The predicted molar refractivity (Wildman–Crippen MR) is 112 cm³/mol. The van der Waals surface area contributed by atoms with Crippen molar-refractivity contribution in [3.63, 3.8) is 0 Å². The van der Waals surface area contributed by atoms with Crippen molar-refractivity contribution in [1.82, 2.24) is 14.7 Å². The highest BCUT2D eigenvalue weighted by atomic mass is 19.1. The van der Waals surface area contributed by atoms with Crippen LogP contribution in [0.4, 0.5) is 15.8 Å². The molecule has 0 atom stereocenters. The third-order valence-corrected chi connectivity index (χ3v) is 5.33. The fourth-order valence-electron chi connectivity index (χ4n) is 3.52. The van der Waals surface area contributed by atoms with Gasteiger partial charge in [-0.15, -0.1) is 0 Å². The third kappa shape index (κ3) is 4.00. The van der Waals surface area contributed by atoms with E-state index in [0.717, 1.165) is 31.9 Å². The van der Waals surface area contributed by atoms with Gasteiger partial charge in [0.2, 0.25) is 0 Å². The van der Waals surface area contributed by atoms with Crippen LogP contribution in [-0.4, -0.2) is 53.8 Å². The Balaban J connectivity index is 1.47. The lowest BCUT2D eigenvalue weighted by molar-refractivity contribution is 0.102. The van der Waals surface area contributed by atoms with Crippen LogP contribution in [0.1, 0.15) is 16.1 Å². The minimum Gasteiger partial charge on any atom is -0.369 e. The van der Waals surface area contributed by atoms with E-state index in [1.165, 1.54) is 16.9 Å². The van der Waals surface area contributed by atoms with Crippen LogP contribution in [0.2, 0.25) is 0 Å². The first kappa shape index (κ1) is 19.1. The molecule has 6 nitrogen and oxygen atoms in total. The van der Waals surface area contributed by atoms with Crippen LogP contribution >= 0.6 is 0 Å². The highest BCUT2D eigenvalue weighted by molar-refractivity contribution is 6.05. The zero-order valence-corrected chi connectivity index (χ0v) is 16.6. The van der Waals surface area contributed by atoms with Crippen molar-refractivity contribution in [3.8, 4) is 5.69 Å². The SMILES string of the molecule is Cc1c(C(=O)Nc2ccc(N3CCN(C)CC3)cc2)cnn1-c1ccccc1F. The van der Waals surface area contributed by atoms with E-state index in [-0.39, 0.29) is 11.7 Å². The van der Waals surface area contributed by atoms with Gasteiger partial charge in [-0.05, 0) is 50.4 Å². The molecule has 4 rings (SSSR count). The van der Waals surface area contributed by atoms with E-state index >= 15 is 0 Å². The second-order valence-corrected chi connectivity index (χ2v) is 7.30. The van der Waals surface area contributed by atoms with Crippen LogP contribution in [0.5, 0.6) is 0 Å². The minimum absolute atomic E-state index is 0.266. The number of hydrogen-bond donors (Lipinski definition) is 1. The molecule has 2 heterocycles. The number of piperazine rings is 1. The number of likely N-dealkylation sites (N-methyl/N-ethyl adjacent to an activating group) is 1. The summed E-state index contributed by atoms with van der Waals surface area (Å²) in [6, 6.07) is 14.2. The maximum absolute atomic E-state index is 14.1. The molecule has 1 amide bonds. The second-order valence-electron chi connectivity index (χ2n) is 7.30. The molecule has 0 aliphatic carbocycles. The maximum atomic E-state index is 14.1. The first-order chi connectivity index (χ1) is 14.0. The Bertz CT molecular complexity index is 1010. The van der Waals surface area contributed by atoms with Crippen LogP contribution < -0.4 is 10.2 Å². The Labute approximate surface area is 169 Å². The van der Waals surface area contributed by atoms with Crippen molar-refractivity contribution in [2.75, 3.05) is 43.4 Å². The van der Waals surface area contributed by atoms with E-state index in [1.54, 1.807) is 25.1 Å². The van der Waals surface area contributed by atoms with Gasteiger partial charge in [0, 0.05) is 37.6 Å². The largest absolute Gasteiger partial charge is 0.369 e. The number of carbonyl (C=O) groups excluding carboxylic acids is 1. The van der Waals surface area contributed by atoms with Gasteiger partial charge in [0.15, 0.2) is 0 Å². The van der Waals surface area contributed by atoms with E-state index in [9.17, 15) is 9.18 Å². The standard InChI is InChI=1S/C22H24FN5O/c1-16-19(15-24-28(16)21-6-4-3-5-20(21)23)22(29)25-17-7-9-18(10-8-17)27-13-11-26(2)12-14-27/h3-10,15H,11-14H2,1-2H3,(H,25,29). The quantitative estimate of drug-likeness (QED) is 0.739. The minimum atomic E-state index is -0.384. The van der Waals surface area contributed by atoms with Gasteiger partial charge in [-0.3, -0.25) is 4.79 Å². The zero-order chi connectivity index (χ0) is 20.4. The van der Waals surface area contributed by atoms with E-state index in [0.29, 0.717) is 22.6 Å². The number of nitrogens with one attached hydrogen (secondary N) is 1. The molecule has 1 saturated heterocycles. The molecule has 0 spiro atoms. The van der Waals surface area contributed by atoms with Crippen molar-refractivity contribution in [2.45, 2.75) is 6.92 Å². The van der Waals surface area contributed by atoms with Crippen molar-refractivity contribution < 1.29 is 9.18 Å². The molecule has 0 bridgehead atoms. The van der Waals surface area contributed by atoms with Crippen molar-refractivity contribution >= 4 is 17.3 Å². The summed E-state index contributed by atoms with van der Waals surface area (Å²) < 4.78 is 15.5. The Kier molecular flexibility index (Phi) is 5.31. The second kappa shape index (κ2) is 8.05. The van der Waals surface area contributed by atoms with E-state index < -0.39 is 0 Å². The number of benzene rings is 2. The van der Waals surface area contributed by atoms with Gasteiger partial charge in [0.1, 0.15) is 11.5 Å². The van der Waals surface area contributed by atoms with Crippen LogP contribution in [0.3, 0.4) is 0 Å². The fraction of sp³-hybridized carbons (Fsp3) is 0.273. The molecule has 1 fully saturated rings. The molecule has 1 N–H and O–H groups in total. The molecule has 0 saturated carbocycles. The number of aromatic nitrogens is 2. The number of carbonyl (C=O) groups is 1. The third-order valence-electron chi connectivity index (χ3n) is 5.33. The smallest absolute Gasteiger partial charge is 0.259 e. The van der Waals surface area contributed by atoms with Gasteiger partial charge in [-0.1, -0.05) is 12.1 Å². The Morgan fingerprint density at radius 3 is 2.41 bits per heavy atom. The molecule has 1 aromatic heterocycles. The van der Waals surface area contributed by atoms with Crippen molar-refractivity contribution in [2.24, 2.45) is 0 Å². The lowest BCUT2D eigenvalue weighted by Gasteiger charge is -2.34. The average Bonchev–Trinajstić information content (AvgIpc) is 3.11. The summed E-state index contributed by atoms with van der Waals surface area (Å²) in [6.07, 6.45) is 1.47. The topological polar surface area (TPSA) is 53.4 Å². The highest BCUT2D eigenvalue weighted by Crippen LogP contribution is 2.21. The van der Waals surface area contributed by atoms with E-state index in [2.05, 4.69) is 27.3 Å². The summed E-state index contributed by atoms with van der Waals surface area (Å²) in [5.74, 6) is -0.650. The first-order valence-corrected chi connectivity index (χ1v) is 9.67. The Morgan fingerprint density at radius 1 is 1.03 bits per heavy atom. The number of nitrogens with zero attached hydrogens (tertiary/aromatic N) is 4. The van der Waals surface area contributed by atoms with Crippen LogP contribution in [0.15, 0.2) is 54.7 Å². The number of anilines is 2. The van der Waals surface area contributed by atoms with Gasteiger partial charge in [-0.25, -0.2) is 9.07 Å². The summed E-state index contributed by atoms with van der Waals surface area (Å²) in [6.45, 7) is 5.84. The number of amides is 1. The molecule has 3 aromatic rings. The normalized spacial score (nSPS) is 14.8. The van der Waals surface area contributed by atoms with Crippen LogP contribution in [0, 0.1) is 12.7 Å². The lowest BCUT2D eigenvalue weighted by atomic mass is 10.2. The summed E-state index contributed by atoms with van der Waals surface area (Å²) >= 11 is 0. The fourth-order valence-corrected chi connectivity index (χ4v) is 3.52. The van der Waals surface area contributed by atoms with E-state index in [1.807, 2.05) is 24.3 Å². The maximum Gasteiger partial charge on any atom is 0.259 e. The predicted octanol–water partition coefficient (Wildman–Crippen LogP) is 3.32. The summed E-state index contributed by atoms with van der Waals surface area (Å²) in [7, 11) is 2.13. The van der Waals surface area contributed by atoms with Gasteiger partial charge in [0.25, 0.3) is 5.91 Å². The molecule has 0 unspecified atom stereocenters. The van der Waals surface area contributed by atoms with Gasteiger partial charge in [0.05, 0.1) is 17.5 Å². The Hall–Kier alpha value is -3.19. The van der Waals surface area contributed by atoms with Gasteiger partial charge < -0.3 is 15.1 Å². The summed E-state index contributed by atoms with van der Waals surface area (Å²) in [5.41, 5.74) is 3.18. The molecular weight excluding hydrogens is 369 g/mol.